The van der Waals surface area contributed by atoms with Crippen molar-refractivity contribution in [2.24, 2.45) is 0 Å². The van der Waals surface area contributed by atoms with E-state index < -0.39 is 13.7 Å². The molecule has 0 aromatic carbocycles. The molecule has 0 unspecified atom stereocenters. The van der Waals surface area contributed by atoms with Gasteiger partial charge < -0.3 is 10.1 Å². The highest BCUT2D eigenvalue weighted by atomic mass is 28.3. The van der Waals surface area contributed by atoms with Crippen LogP contribution >= 0.6 is 0 Å². The van der Waals surface area contributed by atoms with Crippen LogP contribution in [0, 0.1) is 0 Å². The number of alkyl carbamates (subject to hydrolysis) is 1. The van der Waals surface area contributed by atoms with Crippen LogP contribution < -0.4 is 5.32 Å². The first-order chi connectivity index (χ1) is 7.49. The summed E-state index contributed by atoms with van der Waals surface area (Å²) >= 11 is 0. The summed E-state index contributed by atoms with van der Waals surface area (Å²) in [4.78, 5) is 11.5. The van der Waals surface area contributed by atoms with Crippen LogP contribution in [0.25, 0.3) is 0 Å². The highest BCUT2D eigenvalue weighted by Crippen LogP contribution is 2.09. The van der Waals surface area contributed by atoms with Gasteiger partial charge in [0.2, 0.25) is 0 Å². The minimum Gasteiger partial charge on any atom is -0.444 e. The van der Waals surface area contributed by atoms with Crippen molar-refractivity contribution in [2.45, 2.75) is 65.0 Å². The van der Waals surface area contributed by atoms with Crippen LogP contribution in [-0.4, -0.2) is 25.8 Å². The molecule has 0 aliphatic carbocycles. The standard InChI is InChI=1S/C13H27NO2Si/c1-11(9-8-10-17(5,6)7)14-12(15)16-13(2,3)4/h8-9,11H,10H2,1-7H3,(H,14,15)/b9-8-/t11-/m0/s1. The monoisotopic (exact) mass is 257 g/mol. The van der Waals surface area contributed by atoms with E-state index >= 15 is 0 Å². The topological polar surface area (TPSA) is 38.3 Å². The molecule has 3 nitrogen and oxygen atoms in total. The zero-order chi connectivity index (χ0) is 13.7. The van der Waals surface area contributed by atoms with Crippen molar-refractivity contribution >= 4 is 14.2 Å². The smallest absolute Gasteiger partial charge is 0.408 e. The predicted octanol–water partition coefficient (Wildman–Crippen LogP) is 3.79. The number of ether oxygens (including phenoxy) is 1. The first-order valence-electron chi connectivity index (χ1n) is 6.16. The van der Waals surface area contributed by atoms with Gasteiger partial charge in [-0.15, -0.1) is 0 Å². The number of nitrogens with one attached hydrogen (secondary N) is 1. The maximum Gasteiger partial charge on any atom is 0.408 e. The number of carbonyl (C=O) groups excluding carboxylic acids is 1. The molecule has 0 heterocycles. The van der Waals surface area contributed by atoms with E-state index in [4.69, 9.17) is 4.74 Å². The van der Waals surface area contributed by atoms with Gasteiger partial charge in [-0.1, -0.05) is 31.8 Å². The first-order valence-corrected chi connectivity index (χ1v) is 9.86. The number of rotatable bonds is 4. The molecule has 1 N–H and O–H groups in total. The van der Waals surface area contributed by atoms with E-state index in [1.807, 2.05) is 33.8 Å². The van der Waals surface area contributed by atoms with Crippen molar-refractivity contribution < 1.29 is 9.53 Å². The van der Waals surface area contributed by atoms with Gasteiger partial charge in [-0.2, -0.15) is 0 Å². The van der Waals surface area contributed by atoms with Crippen molar-refractivity contribution in [1.29, 1.82) is 0 Å². The average molecular weight is 257 g/mol. The molecule has 1 amide bonds. The summed E-state index contributed by atoms with van der Waals surface area (Å²) in [5, 5.41) is 2.79. The summed E-state index contributed by atoms with van der Waals surface area (Å²) in [5.74, 6) is 0. The molecule has 0 aromatic rings. The molecule has 1 atom stereocenters. The number of amides is 1. The second-order valence-corrected chi connectivity index (χ2v) is 12.2. The predicted molar refractivity (Wildman–Crippen MR) is 76.1 cm³/mol. The normalized spacial score (nSPS) is 14.8. The summed E-state index contributed by atoms with van der Waals surface area (Å²) in [6.45, 7) is 14.5. The molecule has 0 saturated heterocycles. The van der Waals surface area contributed by atoms with E-state index in [0.29, 0.717) is 0 Å². The maximum absolute atomic E-state index is 11.5. The van der Waals surface area contributed by atoms with Gasteiger partial charge in [-0.25, -0.2) is 4.79 Å². The minimum absolute atomic E-state index is 0.0150. The Hall–Kier alpha value is -0.773. The Labute approximate surface area is 107 Å². The third-order valence-corrected chi connectivity index (χ3v) is 3.36. The molecule has 0 rings (SSSR count). The van der Waals surface area contributed by atoms with Crippen LogP contribution in [0.1, 0.15) is 27.7 Å². The fourth-order valence-electron chi connectivity index (χ4n) is 1.17. The van der Waals surface area contributed by atoms with Crippen molar-refractivity contribution in [3.8, 4) is 0 Å². The number of allylic oxidation sites excluding steroid dienone is 1. The van der Waals surface area contributed by atoms with E-state index in [2.05, 4.69) is 31.0 Å². The molecule has 100 valence electrons. The number of carbonyl (C=O) groups is 1. The molecular weight excluding hydrogens is 230 g/mol. The third-order valence-electron chi connectivity index (χ3n) is 1.90. The van der Waals surface area contributed by atoms with Gasteiger partial charge in [0.05, 0.1) is 0 Å². The first kappa shape index (κ1) is 16.2. The second-order valence-electron chi connectivity index (χ2n) is 6.63. The lowest BCUT2D eigenvalue weighted by Crippen LogP contribution is -2.36. The number of hydrogen-bond acceptors (Lipinski definition) is 2. The van der Waals surface area contributed by atoms with Crippen LogP contribution in [0.2, 0.25) is 25.7 Å². The fourth-order valence-corrected chi connectivity index (χ4v) is 2.01. The van der Waals surface area contributed by atoms with Crippen LogP contribution in [-0.2, 0) is 4.74 Å². The van der Waals surface area contributed by atoms with Gasteiger partial charge in [0.25, 0.3) is 0 Å². The summed E-state index contributed by atoms with van der Waals surface area (Å²) in [6, 6.07) is 1.15. The molecule has 0 fully saturated rings. The average Bonchev–Trinajstić information content (AvgIpc) is 1.96. The van der Waals surface area contributed by atoms with Gasteiger partial charge in [0.15, 0.2) is 0 Å². The molecule has 0 radical (unpaired) electrons. The molecule has 0 bridgehead atoms. The number of hydrogen-bond donors (Lipinski definition) is 1. The van der Waals surface area contributed by atoms with Crippen molar-refractivity contribution in [3.63, 3.8) is 0 Å². The van der Waals surface area contributed by atoms with Crippen molar-refractivity contribution in [2.75, 3.05) is 0 Å². The summed E-state index contributed by atoms with van der Waals surface area (Å²) < 4.78 is 5.18. The summed E-state index contributed by atoms with van der Waals surface area (Å²) in [7, 11) is -1.03. The molecular formula is C13H27NO2Si. The van der Waals surface area contributed by atoms with Gasteiger partial charge >= 0.3 is 6.09 Å². The van der Waals surface area contributed by atoms with Crippen molar-refractivity contribution in [1.82, 2.24) is 5.32 Å². The molecule has 0 spiro atoms. The molecule has 0 aliphatic heterocycles. The fraction of sp³-hybridized carbons (Fsp3) is 0.769. The molecule has 17 heavy (non-hydrogen) atoms. The summed E-state index contributed by atoms with van der Waals surface area (Å²) in [5.41, 5.74) is -0.439. The Balaban J connectivity index is 4.02. The van der Waals surface area contributed by atoms with E-state index in [9.17, 15) is 4.79 Å². The third kappa shape index (κ3) is 11.5. The largest absolute Gasteiger partial charge is 0.444 e. The van der Waals surface area contributed by atoms with E-state index in [0.717, 1.165) is 6.04 Å². The lowest BCUT2D eigenvalue weighted by Gasteiger charge is -2.21. The molecule has 0 aromatic heterocycles. The Bertz CT molecular complexity index is 274. The Kier molecular flexibility index (Phi) is 5.95. The Morgan fingerprint density at radius 3 is 2.29 bits per heavy atom. The molecule has 0 aliphatic rings. The molecule has 4 heteroatoms. The lowest BCUT2D eigenvalue weighted by molar-refractivity contribution is 0.0518. The lowest BCUT2D eigenvalue weighted by atomic mass is 10.2. The SMILES string of the molecule is C[C@@H](/C=C\C[Si](C)(C)C)NC(=O)OC(C)(C)C. The Morgan fingerprint density at radius 1 is 1.35 bits per heavy atom. The van der Waals surface area contributed by atoms with Crippen LogP contribution in [0.15, 0.2) is 12.2 Å². The van der Waals surface area contributed by atoms with Crippen molar-refractivity contribution in [3.05, 3.63) is 12.2 Å². The second kappa shape index (κ2) is 6.24. The highest BCUT2D eigenvalue weighted by molar-refractivity contribution is 6.76. The quantitative estimate of drug-likeness (QED) is 0.614. The maximum atomic E-state index is 11.5. The van der Waals surface area contributed by atoms with Crippen LogP contribution in [0.4, 0.5) is 4.79 Å². The van der Waals surface area contributed by atoms with Gasteiger partial charge in [-0.3, -0.25) is 0 Å². The highest BCUT2D eigenvalue weighted by Gasteiger charge is 2.16. The van der Waals surface area contributed by atoms with Gasteiger partial charge in [0, 0.05) is 14.1 Å². The summed E-state index contributed by atoms with van der Waals surface area (Å²) in [6.07, 6.45) is 3.83. The van der Waals surface area contributed by atoms with Crippen LogP contribution in [0.3, 0.4) is 0 Å². The Morgan fingerprint density at radius 2 is 1.88 bits per heavy atom. The van der Waals surface area contributed by atoms with Gasteiger partial charge in [0.1, 0.15) is 5.60 Å². The van der Waals surface area contributed by atoms with E-state index in [1.54, 1.807) is 0 Å². The van der Waals surface area contributed by atoms with Gasteiger partial charge in [-0.05, 0) is 33.7 Å². The zero-order valence-electron chi connectivity index (χ0n) is 12.3. The minimum atomic E-state index is -1.03. The zero-order valence-corrected chi connectivity index (χ0v) is 13.3. The van der Waals surface area contributed by atoms with Crippen LogP contribution in [0.5, 0.6) is 0 Å². The van der Waals surface area contributed by atoms with E-state index in [1.165, 1.54) is 0 Å². The molecule has 0 saturated carbocycles. The van der Waals surface area contributed by atoms with E-state index in [-0.39, 0.29) is 12.1 Å².